The number of pyridine rings is 1. The van der Waals surface area contributed by atoms with Crippen LogP contribution >= 0.6 is 11.8 Å². The van der Waals surface area contributed by atoms with Gasteiger partial charge in [0.1, 0.15) is 0 Å². The van der Waals surface area contributed by atoms with Crippen molar-refractivity contribution in [2.45, 2.75) is 24.1 Å². The van der Waals surface area contributed by atoms with Crippen LogP contribution in [0.2, 0.25) is 0 Å². The van der Waals surface area contributed by atoms with Gasteiger partial charge in [-0.3, -0.25) is 0 Å². The molecule has 1 atom stereocenters. The van der Waals surface area contributed by atoms with Gasteiger partial charge < -0.3 is 5.32 Å². The molecule has 0 radical (unpaired) electrons. The summed E-state index contributed by atoms with van der Waals surface area (Å²) in [6.45, 7) is 4.92. The monoisotopic (exact) mass is 289 g/mol. The molecule has 5 nitrogen and oxygen atoms in total. The summed E-state index contributed by atoms with van der Waals surface area (Å²) < 4.78 is 26.8. The summed E-state index contributed by atoms with van der Waals surface area (Å²) in [5, 5.41) is 3.28. The van der Waals surface area contributed by atoms with Crippen LogP contribution in [0.1, 0.15) is 13.8 Å². The molecule has 1 rings (SSSR count). The number of sulfonamides is 1. The van der Waals surface area contributed by atoms with Crippen LogP contribution < -0.4 is 10.0 Å². The minimum atomic E-state index is -3.56. The summed E-state index contributed by atoms with van der Waals surface area (Å²) in [4.78, 5) is 3.95. The minimum Gasteiger partial charge on any atom is -0.383 e. The number of nitrogens with zero attached hydrogens (tertiary/aromatic N) is 1. The Labute approximate surface area is 113 Å². The van der Waals surface area contributed by atoms with Crippen molar-refractivity contribution in [1.82, 2.24) is 9.71 Å². The van der Waals surface area contributed by atoms with Gasteiger partial charge in [0.25, 0.3) is 10.0 Å². The second kappa shape index (κ2) is 6.96. The van der Waals surface area contributed by atoms with E-state index >= 15 is 0 Å². The maximum Gasteiger partial charge on any atom is 0.260 e. The third-order valence-electron chi connectivity index (χ3n) is 2.36. The van der Waals surface area contributed by atoms with Crippen LogP contribution in [0.15, 0.2) is 23.4 Å². The fraction of sp³-hybridized carbons (Fsp3) is 0.545. The number of nitrogens with one attached hydrogen (secondary N) is 2. The molecule has 0 aliphatic rings. The molecule has 1 unspecified atom stereocenters. The Kier molecular flexibility index (Phi) is 5.90. The lowest BCUT2D eigenvalue weighted by Crippen LogP contribution is -2.30. The van der Waals surface area contributed by atoms with Crippen molar-refractivity contribution in [3.8, 4) is 0 Å². The zero-order chi connectivity index (χ0) is 13.6. The zero-order valence-corrected chi connectivity index (χ0v) is 12.4. The molecule has 1 aromatic rings. The number of anilines is 1. The standard InChI is InChI=1S/C11H19N3O2S2/c1-4-12-10-6-5-7-13-11(10)18(15,16)14-8-9(2)17-3/h5-7,9,12,14H,4,8H2,1-3H3. The van der Waals surface area contributed by atoms with E-state index in [-0.39, 0.29) is 10.3 Å². The van der Waals surface area contributed by atoms with Crippen LogP contribution in [-0.4, -0.2) is 38.0 Å². The summed E-state index contributed by atoms with van der Waals surface area (Å²) >= 11 is 1.61. The van der Waals surface area contributed by atoms with E-state index in [1.54, 1.807) is 23.9 Å². The molecule has 18 heavy (non-hydrogen) atoms. The number of hydrogen-bond acceptors (Lipinski definition) is 5. The van der Waals surface area contributed by atoms with Gasteiger partial charge in [-0.2, -0.15) is 11.8 Å². The van der Waals surface area contributed by atoms with Crippen molar-refractivity contribution in [2.24, 2.45) is 0 Å². The lowest BCUT2D eigenvalue weighted by Gasteiger charge is -2.13. The molecular formula is C11H19N3O2S2. The van der Waals surface area contributed by atoms with E-state index in [0.29, 0.717) is 18.8 Å². The first kappa shape index (κ1) is 15.3. The summed E-state index contributed by atoms with van der Waals surface area (Å²) in [5.41, 5.74) is 0.532. The Balaban J connectivity index is 2.90. The van der Waals surface area contributed by atoms with Gasteiger partial charge >= 0.3 is 0 Å². The Bertz CT molecular complexity index is 477. The summed E-state index contributed by atoms with van der Waals surface area (Å²) in [7, 11) is -3.56. The predicted octanol–water partition coefficient (Wildman–Crippen LogP) is 1.54. The quantitative estimate of drug-likeness (QED) is 0.797. The number of thioether (sulfide) groups is 1. The van der Waals surface area contributed by atoms with Crippen LogP contribution in [0.3, 0.4) is 0 Å². The molecule has 0 bridgehead atoms. The van der Waals surface area contributed by atoms with E-state index in [1.165, 1.54) is 6.20 Å². The molecule has 7 heteroatoms. The third kappa shape index (κ3) is 4.15. The molecular weight excluding hydrogens is 270 g/mol. The van der Waals surface area contributed by atoms with Crippen molar-refractivity contribution in [2.75, 3.05) is 24.7 Å². The lowest BCUT2D eigenvalue weighted by molar-refractivity contribution is 0.578. The highest BCUT2D eigenvalue weighted by atomic mass is 32.2. The van der Waals surface area contributed by atoms with Gasteiger partial charge in [0.2, 0.25) is 0 Å². The maximum atomic E-state index is 12.1. The van der Waals surface area contributed by atoms with E-state index in [4.69, 9.17) is 0 Å². The van der Waals surface area contributed by atoms with E-state index < -0.39 is 10.0 Å². The molecule has 2 N–H and O–H groups in total. The van der Waals surface area contributed by atoms with Crippen molar-refractivity contribution >= 4 is 27.5 Å². The molecule has 0 fully saturated rings. The predicted molar refractivity (Wildman–Crippen MR) is 76.6 cm³/mol. The van der Waals surface area contributed by atoms with E-state index in [1.807, 2.05) is 20.1 Å². The molecule has 0 amide bonds. The smallest absolute Gasteiger partial charge is 0.260 e. The topological polar surface area (TPSA) is 71.1 Å². The second-order valence-corrected chi connectivity index (χ2v) is 6.74. The van der Waals surface area contributed by atoms with Crippen LogP contribution in [0, 0.1) is 0 Å². The second-order valence-electron chi connectivity index (χ2n) is 3.78. The first-order valence-electron chi connectivity index (χ1n) is 5.72. The minimum absolute atomic E-state index is 0.0557. The summed E-state index contributed by atoms with van der Waals surface area (Å²) in [5.74, 6) is 0. The Morgan fingerprint density at radius 3 is 2.83 bits per heavy atom. The molecule has 0 spiro atoms. The zero-order valence-electron chi connectivity index (χ0n) is 10.8. The molecule has 0 aliphatic carbocycles. The Morgan fingerprint density at radius 2 is 2.22 bits per heavy atom. The van der Waals surface area contributed by atoms with Crippen molar-refractivity contribution < 1.29 is 8.42 Å². The normalized spacial score (nSPS) is 13.3. The molecule has 0 aromatic carbocycles. The summed E-state index contributed by atoms with van der Waals surface area (Å²) in [6, 6.07) is 3.42. The van der Waals surface area contributed by atoms with Gasteiger partial charge in [-0.1, -0.05) is 6.92 Å². The number of aromatic nitrogens is 1. The first-order valence-corrected chi connectivity index (χ1v) is 8.49. The highest BCUT2D eigenvalue weighted by molar-refractivity contribution is 7.99. The van der Waals surface area contributed by atoms with E-state index in [0.717, 1.165) is 0 Å². The Morgan fingerprint density at radius 1 is 1.50 bits per heavy atom. The molecule has 102 valence electrons. The van der Waals surface area contributed by atoms with Gasteiger partial charge in [-0.05, 0) is 25.3 Å². The van der Waals surface area contributed by atoms with Gasteiger partial charge in [-0.25, -0.2) is 18.1 Å². The molecule has 0 aliphatic heterocycles. The molecule has 1 heterocycles. The van der Waals surface area contributed by atoms with Crippen LogP contribution in [0.5, 0.6) is 0 Å². The van der Waals surface area contributed by atoms with Crippen LogP contribution in [-0.2, 0) is 10.0 Å². The van der Waals surface area contributed by atoms with Crippen molar-refractivity contribution in [3.63, 3.8) is 0 Å². The van der Waals surface area contributed by atoms with Crippen molar-refractivity contribution in [3.05, 3.63) is 18.3 Å². The van der Waals surface area contributed by atoms with Crippen molar-refractivity contribution in [1.29, 1.82) is 0 Å². The maximum absolute atomic E-state index is 12.1. The van der Waals surface area contributed by atoms with Gasteiger partial charge in [0.05, 0.1) is 5.69 Å². The van der Waals surface area contributed by atoms with Gasteiger partial charge in [0, 0.05) is 24.5 Å². The number of hydrogen-bond donors (Lipinski definition) is 2. The Hall–Kier alpha value is -0.790. The number of rotatable bonds is 7. The van der Waals surface area contributed by atoms with Gasteiger partial charge in [-0.15, -0.1) is 0 Å². The average Bonchev–Trinajstić information content (AvgIpc) is 2.37. The van der Waals surface area contributed by atoms with Crippen LogP contribution in [0.4, 0.5) is 5.69 Å². The van der Waals surface area contributed by atoms with Crippen LogP contribution in [0.25, 0.3) is 0 Å². The fourth-order valence-corrected chi connectivity index (χ4v) is 2.90. The van der Waals surface area contributed by atoms with E-state index in [9.17, 15) is 8.42 Å². The third-order valence-corrected chi connectivity index (χ3v) is 4.71. The molecule has 1 aromatic heterocycles. The average molecular weight is 289 g/mol. The molecule has 0 saturated carbocycles. The SMILES string of the molecule is CCNc1cccnc1S(=O)(=O)NCC(C)SC. The van der Waals surface area contributed by atoms with Gasteiger partial charge in [0.15, 0.2) is 5.03 Å². The largest absolute Gasteiger partial charge is 0.383 e. The summed E-state index contributed by atoms with van der Waals surface area (Å²) in [6.07, 6.45) is 3.43. The highest BCUT2D eigenvalue weighted by Crippen LogP contribution is 2.17. The fourth-order valence-electron chi connectivity index (χ4n) is 1.31. The lowest BCUT2D eigenvalue weighted by atomic mass is 10.4. The highest BCUT2D eigenvalue weighted by Gasteiger charge is 2.20. The first-order chi connectivity index (χ1) is 8.51. The molecule has 0 saturated heterocycles. The van der Waals surface area contributed by atoms with E-state index in [2.05, 4.69) is 15.0 Å².